The zero-order valence-corrected chi connectivity index (χ0v) is 17.8. The lowest BCUT2D eigenvalue weighted by atomic mass is 9.93. The Kier molecular flexibility index (Phi) is 6.57. The summed E-state index contributed by atoms with van der Waals surface area (Å²) in [5.74, 6) is -0.873. The second kappa shape index (κ2) is 9.13. The van der Waals surface area contributed by atoms with E-state index in [0.29, 0.717) is 23.5 Å². The number of benzene rings is 2. The van der Waals surface area contributed by atoms with Gasteiger partial charge in [-0.05, 0) is 50.1 Å². The number of rotatable bonds is 7. The molecule has 0 aliphatic carbocycles. The minimum absolute atomic E-state index is 0.0819. The number of methoxy groups -OCH3 is 1. The quantitative estimate of drug-likeness (QED) is 0.428. The highest BCUT2D eigenvalue weighted by atomic mass is 16.5. The average Bonchev–Trinajstić information content (AvgIpc) is 2.98. The van der Waals surface area contributed by atoms with Crippen LogP contribution >= 0.6 is 0 Å². The fraction of sp³-hybridized carbons (Fsp3) is 0.333. The maximum absolute atomic E-state index is 13.0. The van der Waals surface area contributed by atoms with Crippen molar-refractivity contribution < 1.29 is 24.2 Å². The highest BCUT2D eigenvalue weighted by Gasteiger charge is 2.46. The third-order valence-electron chi connectivity index (χ3n) is 5.21. The summed E-state index contributed by atoms with van der Waals surface area (Å²) in [4.78, 5) is 27.3. The molecule has 1 saturated heterocycles. The van der Waals surface area contributed by atoms with Crippen molar-refractivity contribution in [2.45, 2.75) is 26.8 Å². The number of carbonyl (C=O) groups excluding carboxylic acids is 2. The zero-order chi connectivity index (χ0) is 21.8. The van der Waals surface area contributed by atoms with E-state index < -0.39 is 17.7 Å². The molecule has 1 heterocycles. The molecule has 2 aromatic rings. The molecule has 1 amide bonds. The van der Waals surface area contributed by atoms with E-state index in [4.69, 9.17) is 9.47 Å². The zero-order valence-electron chi connectivity index (χ0n) is 17.8. The Morgan fingerprint density at radius 3 is 2.60 bits per heavy atom. The van der Waals surface area contributed by atoms with Crippen molar-refractivity contribution >= 4 is 17.4 Å². The molecule has 0 saturated carbocycles. The van der Waals surface area contributed by atoms with Crippen LogP contribution in [0, 0.1) is 13.8 Å². The van der Waals surface area contributed by atoms with Gasteiger partial charge in [-0.25, -0.2) is 0 Å². The lowest BCUT2D eigenvalue weighted by Crippen LogP contribution is -2.32. The number of aliphatic hydroxyl groups is 1. The SMILES string of the molecule is CCOc1cccc(C2/C(=C(\O)c3cc(C)ccc3C)C(=O)C(=O)N2CCOC)c1. The van der Waals surface area contributed by atoms with Crippen LogP contribution in [-0.4, -0.2) is 48.6 Å². The van der Waals surface area contributed by atoms with Gasteiger partial charge in [0.25, 0.3) is 11.7 Å². The van der Waals surface area contributed by atoms with Crippen molar-refractivity contribution in [2.24, 2.45) is 0 Å². The first-order valence-corrected chi connectivity index (χ1v) is 9.96. The standard InChI is InChI=1S/C24H27NO5/c1-5-30-18-8-6-7-17(14-18)21-20(23(27)24(28)25(21)11-12-29-4)22(26)19-13-15(2)9-10-16(19)3/h6-10,13-14,21,26H,5,11-12H2,1-4H3/b22-20+. The number of nitrogens with zero attached hydrogens (tertiary/aromatic N) is 1. The summed E-state index contributed by atoms with van der Waals surface area (Å²) in [7, 11) is 1.54. The molecule has 158 valence electrons. The highest BCUT2D eigenvalue weighted by Crippen LogP contribution is 2.40. The number of Topliss-reactive ketones (excluding diaryl/α,β-unsaturated/α-hetero) is 1. The van der Waals surface area contributed by atoms with E-state index in [1.165, 1.54) is 12.0 Å². The number of likely N-dealkylation sites (tertiary alicyclic amines) is 1. The van der Waals surface area contributed by atoms with Gasteiger partial charge in [0.05, 0.1) is 24.8 Å². The van der Waals surface area contributed by atoms with Gasteiger partial charge in [0.15, 0.2) is 0 Å². The van der Waals surface area contributed by atoms with Gasteiger partial charge >= 0.3 is 0 Å². The topological polar surface area (TPSA) is 76.1 Å². The summed E-state index contributed by atoms with van der Waals surface area (Å²) < 4.78 is 10.7. The van der Waals surface area contributed by atoms with E-state index in [2.05, 4.69) is 0 Å². The lowest BCUT2D eigenvalue weighted by molar-refractivity contribution is -0.140. The van der Waals surface area contributed by atoms with E-state index in [1.54, 1.807) is 6.07 Å². The molecule has 2 aromatic carbocycles. The summed E-state index contributed by atoms with van der Waals surface area (Å²) in [6.07, 6.45) is 0. The minimum atomic E-state index is -0.722. The second-order valence-electron chi connectivity index (χ2n) is 7.31. The molecule has 1 aliphatic heterocycles. The van der Waals surface area contributed by atoms with E-state index in [1.807, 2.05) is 57.2 Å². The van der Waals surface area contributed by atoms with Crippen molar-refractivity contribution in [2.75, 3.05) is 26.9 Å². The molecule has 3 rings (SSSR count). The van der Waals surface area contributed by atoms with Crippen LogP contribution in [0.1, 0.15) is 35.2 Å². The van der Waals surface area contributed by atoms with Crippen LogP contribution in [0.15, 0.2) is 48.0 Å². The number of aliphatic hydroxyl groups excluding tert-OH is 1. The number of ether oxygens (including phenoxy) is 2. The Bertz CT molecular complexity index is 995. The van der Waals surface area contributed by atoms with Gasteiger partial charge in [-0.15, -0.1) is 0 Å². The second-order valence-corrected chi connectivity index (χ2v) is 7.31. The van der Waals surface area contributed by atoms with E-state index in [0.717, 1.165) is 11.1 Å². The number of hydrogen-bond donors (Lipinski definition) is 1. The number of ketones is 1. The highest BCUT2D eigenvalue weighted by molar-refractivity contribution is 6.46. The van der Waals surface area contributed by atoms with Gasteiger partial charge < -0.3 is 19.5 Å². The van der Waals surface area contributed by atoms with Crippen LogP contribution in [0.5, 0.6) is 5.75 Å². The smallest absolute Gasteiger partial charge is 0.295 e. The van der Waals surface area contributed by atoms with E-state index >= 15 is 0 Å². The van der Waals surface area contributed by atoms with Gasteiger partial charge in [0.2, 0.25) is 0 Å². The van der Waals surface area contributed by atoms with Crippen LogP contribution < -0.4 is 4.74 Å². The van der Waals surface area contributed by atoms with Gasteiger partial charge in [0, 0.05) is 19.2 Å². The van der Waals surface area contributed by atoms with Gasteiger partial charge in [-0.3, -0.25) is 9.59 Å². The van der Waals surface area contributed by atoms with Gasteiger partial charge in [-0.1, -0.05) is 29.8 Å². The van der Waals surface area contributed by atoms with Gasteiger partial charge in [-0.2, -0.15) is 0 Å². The number of amides is 1. The van der Waals surface area contributed by atoms with Gasteiger partial charge in [0.1, 0.15) is 11.5 Å². The maximum Gasteiger partial charge on any atom is 0.295 e. The normalized spacial score (nSPS) is 18.1. The Hall–Kier alpha value is -3.12. The Morgan fingerprint density at radius 2 is 1.90 bits per heavy atom. The molecule has 6 heteroatoms. The van der Waals surface area contributed by atoms with Crippen LogP contribution in [0.4, 0.5) is 0 Å². The summed E-state index contributed by atoms with van der Waals surface area (Å²) in [5.41, 5.74) is 3.10. The van der Waals surface area contributed by atoms with Crippen molar-refractivity contribution in [1.82, 2.24) is 4.90 Å². The third-order valence-corrected chi connectivity index (χ3v) is 5.21. The average molecular weight is 409 g/mol. The molecule has 30 heavy (non-hydrogen) atoms. The van der Waals surface area contributed by atoms with Crippen molar-refractivity contribution in [3.8, 4) is 5.75 Å². The Labute approximate surface area is 176 Å². The fourth-order valence-corrected chi connectivity index (χ4v) is 3.72. The van der Waals surface area contributed by atoms with E-state index in [-0.39, 0.29) is 24.5 Å². The third kappa shape index (κ3) is 4.09. The van der Waals surface area contributed by atoms with Crippen molar-refractivity contribution in [3.63, 3.8) is 0 Å². The molecule has 1 aliphatic rings. The van der Waals surface area contributed by atoms with E-state index in [9.17, 15) is 14.7 Å². The predicted molar refractivity (Wildman–Crippen MR) is 114 cm³/mol. The Balaban J connectivity index is 2.20. The molecule has 0 bridgehead atoms. The number of carbonyl (C=O) groups is 2. The molecule has 1 atom stereocenters. The van der Waals surface area contributed by atoms with Crippen LogP contribution in [-0.2, 0) is 14.3 Å². The summed E-state index contributed by atoms with van der Waals surface area (Å²) >= 11 is 0. The first kappa shape index (κ1) is 21.6. The monoisotopic (exact) mass is 409 g/mol. The minimum Gasteiger partial charge on any atom is -0.507 e. The molecule has 1 N–H and O–H groups in total. The first-order chi connectivity index (χ1) is 14.4. The summed E-state index contributed by atoms with van der Waals surface area (Å²) in [6.45, 7) is 6.66. The van der Waals surface area contributed by atoms with Crippen LogP contribution in [0.2, 0.25) is 0 Å². The molecule has 1 fully saturated rings. The summed E-state index contributed by atoms with van der Waals surface area (Å²) in [6, 6.07) is 12.2. The fourth-order valence-electron chi connectivity index (χ4n) is 3.72. The Morgan fingerprint density at radius 1 is 1.13 bits per heavy atom. The van der Waals surface area contributed by atoms with Crippen molar-refractivity contribution in [3.05, 3.63) is 70.3 Å². The molecule has 0 radical (unpaired) electrons. The molecule has 6 nitrogen and oxygen atoms in total. The molecule has 1 unspecified atom stereocenters. The predicted octanol–water partition coefficient (Wildman–Crippen LogP) is 3.77. The molecule has 0 aromatic heterocycles. The van der Waals surface area contributed by atoms with Crippen LogP contribution in [0.3, 0.4) is 0 Å². The lowest BCUT2D eigenvalue weighted by Gasteiger charge is -2.25. The molecular formula is C24H27NO5. The first-order valence-electron chi connectivity index (χ1n) is 9.96. The maximum atomic E-state index is 13.0. The number of hydrogen-bond acceptors (Lipinski definition) is 5. The summed E-state index contributed by atoms with van der Waals surface area (Å²) in [5, 5.41) is 11.2. The molecular weight excluding hydrogens is 382 g/mol. The number of aryl methyl sites for hydroxylation is 2. The van der Waals surface area contributed by atoms with Crippen LogP contribution in [0.25, 0.3) is 5.76 Å². The van der Waals surface area contributed by atoms with Crippen molar-refractivity contribution in [1.29, 1.82) is 0 Å². The molecule has 0 spiro atoms. The largest absolute Gasteiger partial charge is 0.507 e.